The summed E-state index contributed by atoms with van der Waals surface area (Å²) in [7, 11) is 0. The van der Waals surface area contributed by atoms with E-state index in [0.717, 1.165) is 5.92 Å². The van der Waals surface area contributed by atoms with Gasteiger partial charge in [0.25, 0.3) is 0 Å². The number of nitrogens with one attached hydrogen (secondary N) is 1. The third-order valence-electron chi connectivity index (χ3n) is 3.62. The average Bonchev–Trinajstić information content (AvgIpc) is 3.04. The van der Waals surface area contributed by atoms with Crippen LogP contribution >= 0.6 is 0 Å². The van der Waals surface area contributed by atoms with Gasteiger partial charge in [-0.15, -0.1) is 0 Å². The summed E-state index contributed by atoms with van der Waals surface area (Å²) in [5.41, 5.74) is 6.69. The number of hydrogen-bond donors (Lipinski definition) is 2. The summed E-state index contributed by atoms with van der Waals surface area (Å²) < 4.78 is 1.65. The van der Waals surface area contributed by atoms with Crippen LogP contribution in [0.1, 0.15) is 26.2 Å². The molecule has 0 aliphatic heterocycles. The molecule has 0 amide bonds. The SMILES string of the molecule is CC1CCC(Nc2ncnc(-n3cccn3)c2N)C1. The zero-order valence-electron chi connectivity index (χ0n) is 11.0. The van der Waals surface area contributed by atoms with E-state index >= 15 is 0 Å². The zero-order valence-corrected chi connectivity index (χ0v) is 11.0. The molecule has 0 radical (unpaired) electrons. The molecule has 1 fully saturated rings. The molecule has 0 spiro atoms. The molecule has 1 aliphatic carbocycles. The standard InChI is InChI=1S/C13H18N6/c1-9-3-4-10(7-9)18-12-11(14)13(16-8-15-12)19-6-2-5-17-19/h2,5-6,8-10H,3-4,7,14H2,1H3,(H,15,16,18). The van der Waals surface area contributed by atoms with Crippen LogP contribution in [0.4, 0.5) is 11.5 Å². The van der Waals surface area contributed by atoms with Crippen LogP contribution < -0.4 is 11.1 Å². The molecule has 0 bridgehead atoms. The normalized spacial score (nSPS) is 22.6. The molecule has 1 saturated carbocycles. The van der Waals surface area contributed by atoms with Crippen molar-refractivity contribution in [3.05, 3.63) is 24.8 Å². The van der Waals surface area contributed by atoms with Crippen LogP contribution in [0, 0.1) is 5.92 Å². The molecule has 1 aliphatic rings. The zero-order chi connectivity index (χ0) is 13.2. The van der Waals surface area contributed by atoms with Gasteiger partial charge in [-0.2, -0.15) is 5.10 Å². The molecule has 2 heterocycles. The van der Waals surface area contributed by atoms with E-state index in [1.807, 2.05) is 12.3 Å². The monoisotopic (exact) mass is 258 g/mol. The van der Waals surface area contributed by atoms with Crippen LogP contribution in [-0.2, 0) is 0 Å². The summed E-state index contributed by atoms with van der Waals surface area (Å²) in [6, 6.07) is 2.30. The summed E-state index contributed by atoms with van der Waals surface area (Å²) in [6.07, 6.45) is 8.64. The van der Waals surface area contributed by atoms with Gasteiger partial charge in [0, 0.05) is 18.4 Å². The van der Waals surface area contributed by atoms with Gasteiger partial charge in [-0.1, -0.05) is 6.92 Å². The van der Waals surface area contributed by atoms with Gasteiger partial charge >= 0.3 is 0 Å². The lowest BCUT2D eigenvalue weighted by Crippen LogP contribution is -2.18. The predicted octanol–water partition coefficient (Wildman–Crippen LogP) is 1.84. The maximum atomic E-state index is 6.14. The lowest BCUT2D eigenvalue weighted by Gasteiger charge is -2.15. The van der Waals surface area contributed by atoms with Crippen molar-refractivity contribution in [2.75, 3.05) is 11.1 Å². The Morgan fingerprint density at radius 1 is 1.37 bits per heavy atom. The highest BCUT2D eigenvalue weighted by Gasteiger charge is 2.22. The van der Waals surface area contributed by atoms with Crippen molar-refractivity contribution >= 4 is 11.5 Å². The van der Waals surface area contributed by atoms with Crippen molar-refractivity contribution in [1.29, 1.82) is 0 Å². The van der Waals surface area contributed by atoms with Gasteiger partial charge in [0.1, 0.15) is 12.0 Å². The van der Waals surface area contributed by atoms with E-state index in [0.29, 0.717) is 23.4 Å². The van der Waals surface area contributed by atoms with Gasteiger partial charge in [0.2, 0.25) is 0 Å². The minimum Gasteiger partial charge on any atom is -0.393 e. The van der Waals surface area contributed by atoms with Crippen molar-refractivity contribution < 1.29 is 0 Å². The van der Waals surface area contributed by atoms with E-state index in [1.165, 1.54) is 25.6 Å². The van der Waals surface area contributed by atoms with Crippen LogP contribution in [0.15, 0.2) is 24.8 Å². The van der Waals surface area contributed by atoms with E-state index in [2.05, 4.69) is 27.3 Å². The summed E-state index contributed by atoms with van der Waals surface area (Å²) in [6.45, 7) is 2.28. The number of rotatable bonds is 3. The number of hydrogen-bond acceptors (Lipinski definition) is 5. The van der Waals surface area contributed by atoms with Gasteiger partial charge in [-0.05, 0) is 31.2 Å². The van der Waals surface area contributed by atoms with Crippen LogP contribution in [0.5, 0.6) is 0 Å². The van der Waals surface area contributed by atoms with E-state index < -0.39 is 0 Å². The molecule has 3 rings (SSSR count). The van der Waals surface area contributed by atoms with Crippen molar-refractivity contribution in [1.82, 2.24) is 19.7 Å². The van der Waals surface area contributed by atoms with Crippen molar-refractivity contribution in [2.24, 2.45) is 5.92 Å². The van der Waals surface area contributed by atoms with Gasteiger partial charge in [0.05, 0.1) is 0 Å². The molecule has 2 atom stereocenters. The molecular weight excluding hydrogens is 240 g/mol. The third-order valence-corrected chi connectivity index (χ3v) is 3.62. The van der Waals surface area contributed by atoms with E-state index in [9.17, 15) is 0 Å². The van der Waals surface area contributed by atoms with Crippen molar-refractivity contribution in [2.45, 2.75) is 32.2 Å². The fourth-order valence-corrected chi connectivity index (χ4v) is 2.61. The summed E-state index contributed by atoms with van der Waals surface area (Å²) in [5, 5.41) is 7.58. The lowest BCUT2D eigenvalue weighted by atomic mass is 10.1. The number of nitrogen functional groups attached to an aromatic ring is 1. The lowest BCUT2D eigenvalue weighted by molar-refractivity contribution is 0.602. The largest absolute Gasteiger partial charge is 0.393 e. The second kappa shape index (κ2) is 4.87. The molecule has 3 N–H and O–H groups in total. The third kappa shape index (κ3) is 2.38. The topological polar surface area (TPSA) is 81.7 Å². The highest BCUT2D eigenvalue weighted by Crippen LogP contribution is 2.29. The fraction of sp³-hybridized carbons (Fsp3) is 0.462. The minimum absolute atomic E-state index is 0.456. The Morgan fingerprint density at radius 2 is 2.26 bits per heavy atom. The van der Waals surface area contributed by atoms with Gasteiger partial charge in [-0.3, -0.25) is 0 Å². The molecule has 0 aromatic carbocycles. The molecule has 19 heavy (non-hydrogen) atoms. The maximum Gasteiger partial charge on any atom is 0.181 e. The molecule has 0 saturated heterocycles. The number of nitrogens with zero attached hydrogens (tertiary/aromatic N) is 4. The first-order chi connectivity index (χ1) is 9.24. The Bertz CT molecular complexity index is 550. The summed E-state index contributed by atoms with van der Waals surface area (Å²) >= 11 is 0. The predicted molar refractivity (Wildman–Crippen MR) is 74.0 cm³/mol. The second-order valence-corrected chi connectivity index (χ2v) is 5.17. The number of anilines is 2. The van der Waals surface area contributed by atoms with E-state index in [1.54, 1.807) is 10.9 Å². The molecule has 2 aromatic rings. The Kier molecular flexibility index (Phi) is 3.06. The van der Waals surface area contributed by atoms with Gasteiger partial charge < -0.3 is 11.1 Å². The molecule has 100 valence electrons. The molecule has 6 heteroatoms. The summed E-state index contributed by atoms with van der Waals surface area (Å²) in [4.78, 5) is 8.44. The first-order valence-corrected chi connectivity index (χ1v) is 6.61. The van der Waals surface area contributed by atoms with Crippen LogP contribution in [0.3, 0.4) is 0 Å². The Labute approximate surface area is 112 Å². The Balaban J connectivity index is 1.84. The van der Waals surface area contributed by atoms with Crippen molar-refractivity contribution in [3.8, 4) is 5.82 Å². The average molecular weight is 258 g/mol. The van der Waals surface area contributed by atoms with E-state index in [-0.39, 0.29) is 0 Å². The highest BCUT2D eigenvalue weighted by molar-refractivity contribution is 5.69. The molecular formula is C13H18N6. The first-order valence-electron chi connectivity index (χ1n) is 6.61. The fourth-order valence-electron chi connectivity index (χ4n) is 2.61. The van der Waals surface area contributed by atoms with Crippen LogP contribution in [-0.4, -0.2) is 25.8 Å². The van der Waals surface area contributed by atoms with Gasteiger partial charge in [-0.25, -0.2) is 14.6 Å². The molecule has 2 aromatic heterocycles. The Morgan fingerprint density at radius 3 is 2.95 bits per heavy atom. The van der Waals surface area contributed by atoms with Crippen molar-refractivity contribution in [3.63, 3.8) is 0 Å². The molecule has 2 unspecified atom stereocenters. The maximum absolute atomic E-state index is 6.14. The van der Waals surface area contributed by atoms with Gasteiger partial charge in [0.15, 0.2) is 11.6 Å². The van der Waals surface area contributed by atoms with E-state index in [4.69, 9.17) is 5.73 Å². The Hall–Kier alpha value is -2.11. The number of nitrogens with two attached hydrogens (primary N) is 1. The van der Waals surface area contributed by atoms with Crippen LogP contribution in [0.2, 0.25) is 0 Å². The summed E-state index contributed by atoms with van der Waals surface area (Å²) in [5.74, 6) is 2.10. The molecule has 6 nitrogen and oxygen atoms in total. The van der Waals surface area contributed by atoms with Crippen LogP contribution in [0.25, 0.3) is 5.82 Å². The highest BCUT2D eigenvalue weighted by atomic mass is 15.3. The second-order valence-electron chi connectivity index (χ2n) is 5.17. The first kappa shape index (κ1) is 12.0. The smallest absolute Gasteiger partial charge is 0.181 e. The number of aromatic nitrogens is 4. The minimum atomic E-state index is 0.456. The quantitative estimate of drug-likeness (QED) is 0.878.